The third-order valence-electron chi connectivity index (χ3n) is 4.33. The molecule has 0 unspecified atom stereocenters. The highest BCUT2D eigenvalue weighted by Crippen LogP contribution is 2.29. The molecule has 27 heavy (non-hydrogen) atoms. The van der Waals surface area contributed by atoms with E-state index in [1.54, 1.807) is 32.4 Å². The summed E-state index contributed by atoms with van der Waals surface area (Å²) in [6.07, 6.45) is 1.67. The predicted molar refractivity (Wildman–Crippen MR) is 105 cm³/mol. The van der Waals surface area contributed by atoms with E-state index < -0.39 is 5.97 Å². The summed E-state index contributed by atoms with van der Waals surface area (Å²) < 4.78 is 15.9. The second-order valence-electron chi connectivity index (χ2n) is 7.28. The average molecular weight is 365 g/mol. The molecule has 3 rings (SSSR count). The van der Waals surface area contributed by atoms with E-state index >= 15 is 0 Å². The Bertz CT molecular complexity index is 918. The van der Waals surface area contributed by atoms with Crippen LogP contribution < -0.4 is 9.47 Å². The van der Waals surface area contributed by atoms with Gasteiger partial charge in [-0.2, -0.15) is 0 Å². The van der Waals surface area contributed by atoms with E-state index in [1.807, 2.05) is 30.3 Å². The number of hydrogen-bond acceptors (Lipinski definition) is 5. The molecule has 0 radical (unpaired) electrons. The molecule has 0 bridgehead atoms. The lowest BCUT2D eigenvalue weighted by Crippen LogP contribution is -2.11. The van der Waals surface area contributed by atoms with Gasteiger partial charge in [0.25, 0.3) is 0 Å². The normalized spacial score (nSPS) is 15.5. The standard InChI is InChI=1S/C22H23NO4/c1-22(2,3)16-9-7-15(8-10-16)20-23-17(21(24)27-20)12-14-6-11-18(25-4)19(13-14)26-5/h6-13H,1-5H3/b17-12-. The first kappa shape index (κ1) is 18.7. The number of nitrogens with zero attached hydrogens (tertiary/aromatic N) is 1. The smallest absolute Gasteiger partial charge is 0.363 e. The maximum Gasteiger partial charge on any atom is 0.363 e. The number of benzene rings is 2. The highest BCUT2D eigenvalue weighted by Gasteiger charge is 2.24. The van der Waals surface area contributed by atoms with E-state index in [1.165, 1.54) is 5.56 Å². The number of carbonyl (C=O) groups is 1. The maximum absolute atomic E-state index is 12.2. The van der Waals surface area contributed by atoms with Gasteiger partial charge in [0.15, 0.2) is 17.2 Å². The minimum Gasteiger partial charge on any atom is -0.493 e. The Morgan fingerprint density at radius 2 is 1.63 bits per heavy atom. The SMILES string of the molecule is COc1ccc(/C=C2\N=C(c3ccc(C(C)(C)C)cc3)OC2=O)cc1OC. The fourth-order valence-electron chi connectivity index (χ4n) is 2.75. The lowest BCUT2D eigenvalue weighted by atomic mass is 9.87. The van der Waals surface area contributed by atoms with Gasteiger partial charge < -0.3 is 14.2 Å². The summed E-state index contributed by atoms with van der Waals surface area (Å²) in [5.74, 6) is 1.05. The van der Waals surface area contributed by atoms with Gasteiger partial charge in [0, 0.05) is 5.56 Å². The number of rotatable bonds is 4. The van der Waals surface area contributed by atoms with Gasteiger partial charge in [0.1, 0.15) is 0 Å². The van der Waals surface area contributed by atoms with E-state index in [2.05, 4.69) is 25.8 Å². The summed E-state index contributed by atoms with van der Waals surface area (Å²) in [6, 6.07) is 13.3. The Hall–Kier alpha value is -3.08. The molecule has 140 valence electrons. The summed E-state index contributed by atoms with van der Waals surface area (Å²) in [7, 11) is 3.14. The molecular formula is C22H23NO4. The van der Waals surface area contributed by atoms with Gasteiger partial charge in [-0.25, -0.2) is 9.79 Å². The summed E-state index contributed by atoms with van der Waals surface area (Å²) >= 11 is 0. The van der Waals surface area contributed by atoms with Crippen molar-refractivity contribution in [2.45, 2.75) is 26.2 Å². The average Bonchev–Trinajstić information content (AvgIpc) is 3.01. The second-order valence-corrected chi connectivity index (χ2v) is 7.28. The molecule has 2 aromatic carbocycles. The highest BCUT2D eigenvalue weighted by molar-refractivity contribution is 6.12. The van der Waals surface area contributed by atoms with E-state index in [0.29, 0.717) is 17.4 Å². The van der Waals surface area contributed by atoms with Crippen LogP contribution in [0.15, 0.2) is 53.2 Å². The Labute approximate surface area is 159 Å². The summed E-state index contributed by atoms with van der Waals surface area (Å²) in [4.78, 5) is 16.6. The first-order chi connectivity index (χ1) is 12.8. The molecule has 0 amide bonds. The number of cyclic esters (lactones) is 1. The summed E-state index contributed by atoms with van der Waals surface area (Å²) in [5, 5.41) is 0. The zero-order valence-corrected chi connectivity index (χ0v) is 16.2. The molecule has 1 aliphatic heterocycles. The molecule has 0 spiro atoms. The molecule has 0 fully saturated rings. The van der Waals surface area contributed by atoms with Gasteiger partial charge in [0.05, 0.1) is 14.2 Å². The first-order valence-corrected chi connectivity index (χ1v) is 8.67. The fraction of sp³-hybridized carbons (Fsp3) is 0.273. The molecule has 1 aliphatic rings. The minimum atomic E-state index is -0.473. The van der Waals surface area contributed by atoms with E-state index in [0.717, 1.165) is 11.1 Å². The topological polar surface area (TPSA) is 57.1 Å². The Morgan fingerprint density at radius 1 is 0.963 bits per heavy atom. The first-order valence-electron chi connectivity index (χ1n) is 8.67. The number of esters is 1. The number of ether oxygens (including phenoxy) is 3. The van der Waals surface area contributed by atoms with Crippen molar-refractivity contribution in [3.8, 4) is 11.5 Å². The summed E-state index contributed by atoms with van der Waals surface area (Å²) in [5.41, 5.74) is 3.06. The van der Waals surface area contributed by atoms with E-state index in [-0.39, 0.29) is 11.1 Å². The lowest BCUT2D eigenvalue weighted by Gasteiger charge is -2.18. The Kier molecular flexibility index (Phi) is 5.04. The van der Waals surface area contributed by atoms with Crippen LogP contribution in [0.5, 0.6) is 11.5 Å². The van der Waals surface area contributed by atoms with Crippen LogP contribution in [0.2, 0.25) is 0 Å². The molecular weight excluding hydrogens is 342 g/mol. The molecule has 0 saturated heterocycles. The highest BCUT2D eigenvalue weighted by atomic mass is 16.6. The van der Waals surface area contributed by atoms with Gasteiger partial charge in [-0.05, 0) is 46.9 Å². The third kappa shape index (κ3) is 4.03. The molecule has 0 N–H and O–H groups in total. The summed E-state index contributed by atoms with van der Waals surface area (Å²) in [6.45, 7) is 6.46. The van der Waals surface area contributed by atoms with Crippen molar-refractivity contribution in [2.24, 2.45) is 4.99 Å². The second kappa shape index (κ2) is 7.27. The Balaban J connectivity index is 1.89. The van der Waals surface area contributed by atoms with Crippen molar-refractivity contribution >= 4 is 17.9 Å². The maximum atomic E-state index is 12.2. The van der Waals surface area contributed by atoms with Crippen LogP contribution >= 0.6 is 0 Å². The number of aliphatic imine (C=N–C) groups is 1. The molecule has 0 aromatic heterocycles. The van der Waals surface area contributed by atoms with Crippen molar-refractivity contribution in [2.75, 3.05) is 14.2 Å². The monoisotopic (exact) mass is 365 g/mol. The van der Waals surface area contributed by atoms with Crippen LogP contribution in [-0.2, 0) is 14.9 Å². The molecule has 2 aromatic rings. The molecule has 0 atom stereocenters. The van der Waals surface area contributed by atoms with Crippen molar-refractivity contribution in [1.29, 1.82) is 0 Å². The predicted octanol–water partition coefficient (Wildman–Crippen LogP) is 4.35. The van der Waals surface area contributed by atoms with Crippen molar-refractivity contribution in [3.05, 3.63) is 64.9 Å². The van der Waals surface area contributed by atoms with Gasteiger partial charge in [-0.3, -0.25) is 0 Å². The quantitative estimate of drug-likeness (QED) is 0.597. The van der Waals surface area contributed by atoms with Crippen molar-refractivity contribution in [1.82, 2.24) is 0 Å². The fourth-order valence-corrected chi connectivity index (χ4v) is 2.75. The molecule has 0 aliphatic carbocycles. The zero-order valence-electron chi connectivity index (χ0n) is 16.2. The van der Waals surface area contributed by atoms with Crippen LogP contribution in [0.1, 0.15) is 37.5 Å². The molecule has 5 heteroatoms. The minimum absolute atomic E-state index is 0.0607. The van der Waals surface area contributed by atoms with Gasteiger partial charge in [-0.1, -0.05) is 39.0 Å². The van der Waals surface area contributed by atoms with Crippen molar-refractivity contribution in [3.63, 3.8) is 0 Å². The molecule has 5 nitrogen and oxygen atoms in total. The van der Waals surface area contributed by atoms with Gasteiger partial charge in [-0.15, -0.1) is 0 Å². The zero-order chi connectivity index (χ0) is 19.6. The number of hydrogen-bond donors (Lipinski definition) is 0. The number of methoxy groups -OCH3 is 2. The molecule has 1 heterocycles. The van der Waals surface area contributed by atoms with Crippen LogP contribution in [0.25, 0.3) is 6.08 Å². The number of carbonyl (C=O) groups excluding carboxylic acids is 1. The van der Waals surface area contributed by atoms with Crippen LogP contribution in [0.4, 0.5) is 0 Å². The van der Waals surface area contributed by atoms with E-state index in [4.69, 9.17) is 14.2 Å². The van der Waals surface area contributed by atoms with Crippen LogP contribution in [0, 0.1) is 0 Å². The van der Waals surface area contributed by atoms with Gasteiger partial charge >= 0.3 is 5.97 Å². The van der Waals surface area contributed by atoms with Crippen LogP contribution in [-0.4, -0.2) is 26.1 Å². The molecule has 0 saturated carbocycles. The lowest BCUT2D eigenvalue weighted by molar-refractivity contribution is -0.129. The largest absolute Gasteiger partial charge is 0.493 e. The Morgan fingerprint density at radius 3 is 2.22 bits per heavy atom. The van der Waals surface area contributed by atoms with Crippen LogP contribution in [0.3, 0.4) is 0 Å². The van der Waals surface area contributed by atoms with Gasteiger partial charge in [0.2, 0.25) is 5.90 Å². The van der Waals surface area contributed by atoms with E-state index in [9.17, 15) is 4.79 Å². The van der Waals surface area contributed by atoms with Crippen molar-refractivity contribution < 1.29 is 19.0 Å². The third-order valence-corrected chi connectivity index (χ3v) is 4.33.